The average Bonchev–Trinajstić information content (AvgIpc) is 3.29. The molecule has 0 spiro atoms. The van der Waals surface area contributed by atoms with Crippen molar-refractivity contribution in [2.45, 2.75) is 103 Å². The van der Waals surface area contributed by atoms with Gasteiger partial charge in [-0.25, -0.2) is 0 Å². The van der Waals surface area contributed by atoms with Crippen LogP contribution in [0.1, 0.15) is 108 Å². The summed E-state index contributed by atoms with van der Waals surface area (Å²) in [6.45, 7) is 2.29. The molecule has 0 bridgehead atoms. The van der Waals surface area contributed by atoms with Gasteiger partial charge in [-0.2, -0.15) is 5.26 Å². The number of hydrogen-bond acceptors (Lipinski definition) is 2. The van der Waals surface area contributed by atoms with Gasteiger partial charge in [0.1, 0.15) is 0 Å². The van der Waals surface area contributed by atoms with Crippen molar-refractivity contribution in [1.29, 1.82) is 5.26 Å². The second-order valence-electron chi connectivity index (χ2n) is 8.31. The Kier molecular flexibility index (Phi) is 12.5. The molecule has 0 amide bonds. The van der Waals surface area contributed by atoms with Gasteiger partial charge in [-0.1, -0.05) is 103 Å². The first-order chi connectivity index (χ1) is 14.3. The fourth-order valence-electron chi connectivity index (χ4n) is 4.02. The molecule has 2 heteroatoms. The highest BCUT2D eigenvalue weighted by atomic mass is 32.1. The smallest absolute Gasteiger partial charge is 0.0994 e. The van der Waals surface area contributed by atoms with E-state index < -0.39 is 0 Å². The quantitative estimate of drug-likeness (QED) is 0.253. The Hall–Kier alpha value is -1.59. The Balaban J connectivity index is 1.52. The van der Waals surface area contributed by atoms with Crippen LogP contribution in [0.25, 0.3) is 10.4 Å². The van der Waals surface area contributed by atoms with Gasteiger partial charge in [-0.15, -0.1) is 11.3 Å². The minimum atomic E-state index is 0.847. The van der Waals surface area contributed by atoms with Gasteiger partial charge in [-0.05, 0) is 47.5 Å². The summed E-state index contributed by atoms with van der Waals surface area (Å²) in [7, 11) is 0. The number of nitriles is 1. The maximum Gasteiger partial charge on any atom is 0.0994 e. The van der Waals surface area contributed by atoms with Crippen LogP contribution < -0.4 is 0 Å². The van der Waals surface area contributed by atoms with E-state index in [0.29, 0.717) is 0 Å². The van der Waals surface area contributed by atoms with Gasteiger partial charge in [0, 0.05) is 4.88 Å². The molecular weight excluding hydrogens is 370 g/mol. The summed E-state index contributed by atoms with van der Waals surface area (Å²) in [5.41, 5.74) is 3.32. The molecule has 1 nitrogen and oxygen atoms in total. The maximum absolute atomic E-state index is 9.41. The third-order valence-electron chi connectivity index (χ3n) is 5.83. The van der Waals surface area contributed by atoms with Crippen LogP contribution in [0.3, 0.4) is 0 Å². The van der Waals surface area contributed by atoms with Gasteiger partial charge >= 0.3 is 0 Å². The molecule has 0 aliphatic carbocycles. The highest BCUT2D eigenvalue weighted by Gasteiger charge is 2.06. The van der Waals surface area contributed by atoms with E-state index in [9.17, 15) is 5.26 Å². The first kappa shape index (κ1) is 23.7. The van der Waals surface area contributed by atoms with Gasteiger partial charge in [0.25, 0.3) is 0 Å². The van der Waals surface area contributed by atoms with Crippen LogP contribution >= 0.6 is 11.3 Å². The Morgan fingerprint density at radius 2 is 1.34 bits per heavy atom. The van der Waals surface area contributed by atoms with E-state index in [1.807, 2.05) is 6.07 Å². The lowest BCUT2D eigenvalue weighted by Crippen LogP contribution is -1.92. The predicted molar refractivity (Wildman–Crippen MR) is 128 cm³/mol. The minimum absolute atomic E-state index is 0.847. The molecule has 2 rings (SSSR count). The lowest BCUT2D eigenvalue weighted by atomic mass is 9.98. The maximum atomic E-state index is 9.41. The van der Waals surface area contributed by atoms with Crippen LogP contribution in [0.2, 0.25) is 0 Å². The minimum Gasteiger partial charge on any atom is -0.192 e. The molecule has 158 valence electrons. The lowest BCUT2D eigenvalue weighted by molar-refractivity contribution is 0.535. The molecule has 0 radical (unpaired) electrons. The SMILES string of the molecule is CCCCCCCCCCCCCCCCc1cc(-c2cccs2)ccc1C#N. The van der Waals surface area contributed by atoms with Crippen molar-refractivity contribution in [1.82, 2.24) is 0 Å². The summed E-state index contributed by atoms with van der Waals surface area (Å²) in [6.07, 6.45) is 20.4. The first-order valence-electron chi connectivity index (χ1n) is 11.9. The van der Waals surface area contributed by atoms with Crippen molar-refractivity contribution < 1.29 is 0 Å². The molecule has 1 aromatic heterocycles. The molecule has 0 unspecified atom stereocenters. The van der Waals surface area contributed by atoms with Crippen molar-refractivity contribution in [2.75, 3.05) is 0 Å². The van der Waals surface area contributed by atoms with E-state index in [0.717, 1.165) is 12.0 Å². The number of benzene rings is 1. The van der Waals surface area contributed by atoms with Crippen molar-refractivity contribution in [2.24, 2.45) is 0 Å². The van der Waals surface area contributed by atoms with Gasteiger partial charge < -0.3 is 0 Å². The third kappa shape index (κ3) is 9.64. The van der Waals surface area contributed by atoms with Crippen LogP contribution in [0.5, 0.6) is 0 Å². The average molecular weight is 410 g/mol. The third-order valence-corrected chi connectivity index (χ3v) is 6.75. The predicted octanol–water partition coefficient (Wildman–Crippen LogP) is 9.31. The summed E-state index contributed by atoms with van der Waals surface area (Å²) in [5, 5.41) is 11.5. The fraction of sp³-hybridized carbons (Fsp3) is 0.593. The van der Waals surface area contributed by atoms with Gasteiger partial charge in [0.2, 0.25) is 0 Å². The largest absolute Gasteiger partial charge is 0.192 e. The zero-order chi connectivity index (χ0) is 20.6. The zero-order valence-corrected chi connectivity index (χ0v) is 19.2. The van der Waals surface area contributed by atoms with E-state index in [1.165, 1.54) is 106 Å². The molecule has 1 aromatic carbocycles. The molecule has 0 saturated carbocycles. The van der Waals surface area contributed by atoms with E-state index in [4.69, 9.17) is 0 Å². The van der Waals surface area contributed by atoms with Crippen molar-refractivity contribution in [3.8, 4) is 16.5 Å². The Morgan fingerprint density at radius 1 is 0.759 bits per heavy atom. The number of aryl methyl sites for hydroxylation is 1. The number of hydrogen-bond donors (Lipinski definition) is 0. The summed E-state index contributed by atoms with van der Waals surface area (Å²) in [6, 6.07) is 12.9. The zero-order valence-electron chi connectivity index (χ0n) is 18.4. The topological polar surface area (TPSA) is 23.8 Å². The second kappa shape index (κ2) is 15.3. The highest BCUT2D eigenvalue weighted by molar-refractivity contribution is 7.13. The highest BCUT2D eigenvalue weighted by Crippen LogP contribution is 2.27. The molecule has 29 heavy (non-hydrogen) atoms. The van der Waals surface area contributed by atoms with Gasteiger partial charge in [0.05, 0.1) is 11.6 Å². The van der Waals surface area contributed by atoms with Crippen molar-refractivity contribution >= 4 is 11.3 Å². The normalized spacial score (nSPS) is 10.9. The molecule has 0 aliphatic heterocycles. The lowest BCUT2D eigenvalue weighted by Gasteiger charge is -2.07. The van der Waals surface area contributed by atoms with E-state index in [1.54, 1.807) is 11.3 Å². The molecule has 0 fully saturated rings. The molecule has 0 N–H and O–H groups in total. The van der Waals surface area contributed by atoms with Crippen LogP contribution in [0.15, 0.2) is 35.7 Å². The Morgan fingerprint density at radius 3 is 1.86 bits per heavy atom. The Bertz CT molecular complexity index is 696. The van der Waals surface area contributed by atoms with Crippen LogP contribution in [0, 0.1) is 11.3 Å². The first-order valence-corrected chi connectivity index (χ1v) is 12.8. The standard InChI is InChI=1S/C27H39NS/c1-2-3-4-5-6-7-8-9-10-11-12-13-14-15-17-24-22-25(19-20-26(24)23-28)27-18-16-21-29-27/h16,18-22H,2-15,17H2,1H3. The fourth-order valence-corrected chi connectivity index (χ4v) is 4.74. The van der Waals surface area contributed by atoms with E-state index in [-0.39, 0.29) is 0 Å². The molecule has 0 atom stereocenters. The van der Waals surface area contributed by atoms with Gasteiger partial charge in [0.15, 0.2) is 0 Å². The van der Waals surface area contributed by atoms with Gasteiger partial charge in [-0.3, -0.25) is 0 Å². The number of thiophene rings is 1. The van der Waals surface area contributed by atoms with Crippen LogP contribution in [-0.2, 0) is 6.42 Å². The van der Waals surface area contributed by atoms with Crippen molar-refractivity contribution in [3.63, 3.8) is 0 Å². The van der Waals surface area contributed by atoms with Crippen LogP contribution in [-0.4, -0.2) is 0 Å². The Labute approximate surface area is 183 Å². The second-order valence-corrected chi connectivity index (χ2v) is 9.25. The molecule has 0 aliphatic rings. The molecule has 2 aromatic rings. The van der Waals surface area contributed by atoms with Crippen LogP contribution in [0.4, 0.5) is 0 Å². The monoisotopic (exact) mass is 409 g/mol. The summed E-state index contributed by atoms with van der Waals surface area (Å²) in [5.74, 6) is 0. The summed E-state index contributed by atoms with van der Waals surface area (Å²) < 4.78 is 0. The number of unbranched alkanes of at least 4 members (excludes halogenated alkanes) is 13. The number of nitrogens with zero attached hydrogens (tertiary/aromatic N) is 1. The molecule has 1 heterocycles. The van der Waals surface area contributed by atoms with E-state index >= 15 is 0 Å². The summed E-state index contributed by atoms with van der Waals surface area (Å²) in [4.78, 5) is 1.29. The number of rotatable bonds is 16. The van der Waals surface area contributed by atoms with Crippen molar-refractivity contribution in [3.05, 3.63) is 46.8 Å². The molecular formula is C27H39NS. The summed E-state index contributed by atoms with van der Waals surface area (Å²) >= 11 is 1.76. The molecule has 0 saturated heterocycles. The van der Waals surface area contributed by atoms with E-state index in [2.05, 4.69) is 42.6 Å².